The van der Waals surface area contributed by atoms with Gasteiger partial charge in [0.05, 0.1) is 11.4 Å². The number of amides is 1. The monoisotopic (exact) mass is 359 g/mol. The number of ether oxygens (including phenoxy) is 2. The molecule has 1 aromatic rings. The van der Waals surface area contributed by atoms with Gasteiger partial charge in [0, 0.05) is 32.4 Å². The lowest BCUT2D eigenvalue weighted by Crippen LogP contribution is -2.47. The third-order valence-electron chi connectivity index (χ3n) is 4.72. The van der Waals surface area contributed by atoms with Crippen molar-refractivity contribution in [2.75, 3.05) is 30.4 Å². The highest BCUT2D eigenvalue weighted by molar-refractivity contribution is 5.74. The van der Waals surface area contributed by atoms with Gasteiger partial charge in [0.15, 0.2) is 5.75 Å². The molecule has 0 saturated carbocycles. The minimum absolute atomic E-state index is 0.196. The predicted octanol–water partition coefficient (Wildman–Crippen LogP) is 4.19. The zero-order valence-electron chi connectivity index (χ0n) is 16.3. The lowest BCUT2D eigenvalue weighted by Gasteiger charge is -2.39. The summed E-state index contributed by atoms with van der Waals surface area (Å²) in [7, 11) is 1.83. The van der Waals surface area contributed by atoms with E-state index in [0.29, 0.717) is 0 Å². The van der Waals surface area contributed by atoms with Gasteiger partial charge in [-0.05, 0) is 52.7 Å². The van der Waals surface area contributed by atoms with Gasteiger partial charge in [-0.3, -0.25) is 0 Å². The molecule has 26 heavy (non-hydrogen) atoms. The van der Waals surface area contributed by atoms with Crippen LogP contribution in [0.3, 0.4) is 0 Å². The number of allylic oxidation sites excluding steroid dienone is 1. The summed E-state index contributed by atoms with van der Waals surface area (Å²) in [5, 5.41) is 3.27. The highest BCUT2D eigenvalue weighted by Gasteiger charge is 2.30. The first-order valence-electron chi connectivity index (χ1n) is 9.19. The van der Waals surface area contributed by atoms with Crippen LogP contribution in [0, 0.1) is 0 Å². The number of carbonyl (C=O) groups is 1. The van der Waals surface area contributed by atoms with Gasteiger partial charge in [-0.2, -0.15) is 0 Å². The third kappa shape index (κ3) is 4.06. The normalized spacial score (nSPS) is 17.6. The van der Waals surface area contributed by atoms with Crippen LogP contribution >= 0.6 is 0 Å². The number of carbonyl (C=O) groups excluding carboxylic acids is 1. The number of benzene rings is 1. The maximum absolute atomic E-state index is 12.3. The molecule has 6 heteroatoms. The summed E-state index contributed by atoms with van der Waals surface area (Å²) in [4.78, 5) is 16.4. The fourth-order valence-electron chi connectivity index (χ4n) is 3.34. The second-order valence-corrected chi connectivity index (χ2v) is 7.96. The molecule has 3 rings (SSSR count). The molecule has 0 aromatic heterocycles. The molecule has 1 aromatic carbocycles. The smallest absolute Gasteiger partial charge is 0.410 e. The van der Waals surface area contributed by atoms with E-state index in [9.17, 15) is 4.79 Å². The Morgan fingerprint density at radius 3 is 2.65 bits per heavy atom. The quantitative estimate of drug-likeness (QED) is 0.858. The molecule has 0 radical (unpaired) electrons. The van der Waals surface area contributed by atoms with Gasteiger partial charge in [-0.1, -0.05) is 6.07 Å². The van der Waals surface area contributed by atoms with Crippen molar-refractivity contribution in [3.8, 4) is 5.75 Å². The summed E-state index contributed by atoms with van der Waals surface area (Å²) in [6.45, 7) is 9.37. The SMILES string of the molecule is CC1=CNc2cccc(N3CCC(N(C)C(=O)OC(C)(C)C)CC3)c2O1. The summed E-state index contributed by atoms with van der Waals surface area (Å²) < 4.78 is 11.4. The van der Waals surface area contributed by atoms with Gasteiger partial charge in [0.2, 0.25) is 0 Å². The van der Waals surface area contributed by atoms with Crippen molar-refractivity contribution in [3.63, 3.8) is 0 Å². The fraction of sp³-hybridized carbons (Fsp3) is 0.550. The van der Waals surface area contributed by atoms with Crippen molar-refractivity contribution in [3.05, 3.63) is 30.2 Å². The Kier molecular flexibility index (Phi) is 5.03. The van der Waals surface area contributed by atoms with Crippen LogP contribution < -0.4 is 15.0 Å². The van der Waals surface area contributed by atoms with Gasteiger partial charge in [-0.15, -0.1) is 0 Å². The van der Waals surface area contributed by atoms with Gasteiger partial charge < -0.3 is 24.6 Å². The van der Waals surface area contributed by atoms with Crippen LogP contribution in [0.5, 0.6) is 5.75 Å². The van der Waals surface area contributed by atoms with E-state index >= 15 is 0 Å². The van der Waals surface area contributed by atoms with E-state index in [2.05, 4.69) is 16.3 Å². The topological polar surface area (TPSA) is 54.0 Å². The molecule has 0 aliphatic carbocycles. The van der Waals surface area contributed by atoms with Crippen LogP contribution in [0.2, 0.25) is 0 Å². The zero-order valence-corrected chi connectivity index (χ0v) is 16.3. The molecule has 0 spiro atoms. The Morgan fingerprint density at radius 2 is 2.00 bits per heavy atom. The molecule has 0 bridgehead atoms. The Hall–Kier alpha value is -2.37. The molecule has 2 aliphatic heterocycles. The summed E-state index contributed by atoms with van der Waals surface area (Å²) in [6, 6.07) is 6.35. The van der Waals surface area contributed by atoms with Crippen LogP contribution in [-0.2, 0) is 4.74 Å². The fourth-order valence-corrected chi connectivity index (χ4v) is 3.34. The molecule has 0 atom stereocenters. The number of rotatable bonds is 2. The Balaban J connectivity index is 1.64. The van der Waals surface area contributed by atoms with E-state index in [1.165, 1.54) is 0 Å². The van der Waals surface area contributed by atoms with Crippen LogP contribution in [0.4, 0.5) is 16.2 Å². The predicted molar refractivity (Wildman–Crippen MR) is 104 cm³/mol. The number of hydrogen-bond donors (Lipinski definition) is 1. The molecule has 1 N–H and O–H groups in total. The molecule has 2 heterocycles. The van der Waals surface area contributed by atoms with E-state index < -0.39 is 5.60 Å². The second-order valence-electron chi connectivity index (χ2n) is 7.96. The number of anilines is 2. The van der Waals surface area contributed by atoms with Gasteiger partial charge in [0.25, 0.3) is 0 Å². The van der Waals surface area contributed by atoms with Crippen molar-refractivity contribution in [1.29, 1.82) is 0 Å². The highest BCUT2D eigenvalue weighted by Crippen LogP contribution is 2.40. The summed E-state index contributed by atoms with van der Waals surface area (Å²) >= 11 is 0. The average molecular weight is 359 g/mol. The number of hydrogen-bond acceptors (Lipinski definition) is 5. The summed E-state index contributed by atoms with van der Waals surface area (Å²) in [5.74, 6) is 1.73. The van der Waals surface area contributed by atoms with Crippen LogP contribution in [0.25, 0.3) is 0 Å². The largest absolute Gasteiger partial charge is 0.456 e. The first-order chi connectivity index (χ1) is 12.2. The number of nitrogens with one attached hydrogen (secondary N) is 1. The van der Waals surface area contributed by atoms with Gasteiger partial charge in [0.1, 0.15) is 11.4 Å². The molecule has 0 unspecified atom stereocenters. The standard InChI is InChI=1S/C20H29N3O3/c1-14-13-21-16-7-6-8-17(18(16)25-14)23-11-9-15(10-12-23)22(5)19(24)26-20(2,3)4/h6-8,13,15,21H,9-12H2,1-5H3. The van der Waals surface area contributed by atoms with Crippen molar-refractivity contribution in [1.82, 2.24) is 4.90 Å². The molecule has 6 nitrogen and oxygen atoms in total. The van der Waals surface area contributed by atoms with E-state index in [0.717, 1.165) is 48.8 Å². The third-order valence-corrected chi connectivity index (χ3v) is 4.72. The lowest BCUT2D eigenvalue weighted by molar-refractivity contribution is 0.0201. The van der Waals surface area contributed by atoms with Crippen molar-refractivity contribution in [2.45, 2.75) is 52.2 Å². The van der Waals surface area contributed by atoms with Gasteiger partial charge in [-0.25, -0.2) is 4.79 Å². The van der Waals surface area contributed by atoms with Crippen LogP contribution in [0.1, 0.15) is 40.5 Å². The molecule has 1 saturated heterocycles. The average Bonchev–Trinajstić information content (AvgIpc) is 2.59. The first kappa shape index (κ1) is 18.4. The van der Waals surface area contributed by atoms with Crippen molar-refractivity contribution < 1.29 is 14.3 Å². The first-order valence-corrected chi connectivity index (χ1v) is 9.19. The van der Waals surface area contributed by atoms with Crippen molar-refractivity contribution in [2.24, 2.45) is 0 Å². The lowest BCUT2D eigenvalue weighted by atomic mass is 10.0. The summed E-state index contributed by atoms with van der Waals surface area (Å²) in [6.07, 6.45) is 3.43. The number of nitrogens with zero attached hydrogens (tertiary/aromatic N) is 2. The molecular weight excluding hydrogens is 330 g/mol. The highest BCUT2D eigenvalue weighted by atomic mass is 16.6. The Bertz CT molecular complexity index is 701. The Labute approximate surface area is 155 Å². The summed E-state index contributed by atoms with van der Waals surface area (Å²) in [5.41, 5.74) is 1.62. The van der Waals surface area contributed by atoms with E-state index in [1.54, 1.807) is 4.90 Å². The second kappa shape index (κ2) is 7.09. The zero-order chi connectivity index (χ0) is 18.9. The number of para-hydroxylation sites is 1. The number of fused-ring (bicyclic) bond motifs is 1. The van der Waals surface area contributed by atoms with E-state index in [1.807, 2.05) is 53.1 Å². The minimum Gasteiger partial charge on any atom is -0.456 e. The maximum atomic E-state index is 12.3. The minimum atomic E-state index is -0.467. The van der Waals surface area contributed by atoms with Crippen LogP contribution in [-0.4, -0.2) is 42.8 Å². The van der Waals surface area contributed by atoms with Crippen molar-refractivity contribution >= 4 is 17.5 Å². The molecular formula is C20H29N3O3. The molecule has 1 fully saturated rings. The Morgan fingerprint density at radius 1 is 1.31 bits per heavy atom. The molecule has 2 aliphatic rings. The van der Waals surface area contributed by atoms with E-state index in [4.69, 9.17) is 9.47 Å². The van der Waals surface area contributed by atoms with Crippen LogP contribution in [0.15, 0.2) is 30.2 Å². The van der Waals surface area contributed by atoms with E-state index in [-0.39, 0.29) is 12.1 Å². The molecule has 1 amide bonds. The molecule has 142 valence electrons. The number of piperidine rings is 1. The maximum Gasteiger partial charge on any atom is 0.410 e. The van der Waals surface area contributed by atoms with Gasteiger partial charge >= 0.3 is 6.09 Å².